The number of thiocarbonyl (C=S) groups is 1. The van der Waals surface area contributed by atoms with Crippen LogP contribution in [0, 0.1) is 11.3 Å². The minimum atomic E-state index is 0.682. The van der Waals surface area contributed by atoms with Gasteiger partial charge in [-0.2, -0.15) is 5.26 Å². The topological polar surface area (TPSA) is 35.8 Å². The van der Waals surface area contributed by atoms with Gasteiger partial charge in [-0.15, -0.1) is 11.8 Å². The van der Waals surface area contributed by atoms with E-state index in [0.717, 1.165) is 9.88 Å². The molecule has 0 saturated carbocycles. The van der Waals surface area contributed by atoms with Crippen LogP contribution < -0.4 is 5.32 Å². The van der Waals surface area contributed by atoms with Gasteiger partial charge in [0.15, 0.2) is 0 Å². The molecule has 0 atom stereocenters. The van der Waals surface area contributed by atoms with Gasteiger partial charge in [0.1, 0.15) is 4.32 Å². The fourth-order valence-corrected chi connectivity index (χ4v) is 1.23. The number of rotatable bonds is 2. The molecule has 1 aromatic carbocycles. The van der Waals surface area contributed by atoms with E-state index in [2.05, 4.69) is 11.4 Å². The van der Waals surface area contributed by atoms with Crippen LogP contribution in [-0.4, -0.2) is 10.6 Å². The maximum absolute atomic E-state index is 8.59. The first-order chi connectivity index (χ1) is 6.76. The first-order valence-electron chi connectivity index (χ1n) is 4.07. The van der Waals surface area contributed by atoms with Crippen molar-refractivity contribution < 1.29 is 0 Å². The van der Waals surface area contributed by atoms with E-state index in [1.54, 1.807) is 12.1 Å². The maximum atomic E-state index is 8.59. The summed E-state index contributed by atoms with van der Waals surface area (Å²) in [6.07, 6.45) is 1.94. The zero-order chi connectivity index (χ0) is 10.4. The van der Waals surface area contributed by atoms with Crippen LogP contribution in [0.1, 0.15) is 11.1 Å². The molecule has 0 fully saturated rings. The summed E-state index contributed by atoms with van der Waals surface area (Å²) in [6, 6.07) is 9.54. The van der Waals surface area contributed by atoms with E-state index in [1.807, 2.05) is 18.4 Å². The summed E-state index contributed by atoms with van der Waals surface area (Å²) in [6.45, 7) is 0.714. The molecule has 0 unspecified atom stereocenters. The van der Waals surface area contributed by atoms with Crippen LogP contribution in [0.15, 0.2) is 24.3 Å². The Hall–Kier alpha value is -1.05. The van der Waals surface area contributed by atoms with Crippen molar-refractivity contribution >= 4 is 28.3 Å². The van der Waals surface area contributed by atoms with Crippen LogP contribution >= 0.6 is 24.0 Å². The smallest absolute Gasteiger partial charge is 0.133 e. The van der Waals surface area contributed by atoms with E-state index in [0.29, 0.717) is 12.1 Å². The van der Waals surface area contributed by atoms with Crippen LogP contribution in [0.5, 0.6) is 0 Å². The number of hydrogen-bond acceptors (Lipinski definition) is 3. The minimum Gasteiger partial charge on any atom is -0.367 e. The molecule has 0 heterocycles. The summed E-state index contributed by atoms with van der Waals surface area (Å²) >= 11 is 6.52. The highest BCUT2D eigenvalue weighted by atomic mass is 32.2. The van der Waals surface area contributed by atoms with Crippen molar-refractivity contribution in [2.24, 2.45) is 0 Å². The highest BCUT2D eigenvalue weighted by Gasteiger charge is 1.95. The lowest BCUT2D eigenvalue weighted by molar-refractivity contribution is 0.939. The van der Waals surface area contributed by atoms with Gasteiger partial charge in [-0.05, 0) is 24.0 Å². The summed E-state index contributed by atoms with van der Waals surface area (Å²) in [4.78, 5) is 0. The van der Waals surface area contributed by atoms with Gasteiger partial charge in [0.25, 0.3) is 0 Å². The van der Waals surface area contributed by atoms with Gasteiger partial charge in [0.2, 0.25) is 0 Å². The van der Waals surface area contributed by atoms with Crippen molar-refractivity contribution in [2.75, 3.05) is 6.26 Å². The largest absolute Gasteiger partial charge is 0.367 e. The second kappa shape index (κ2) is 5.63. The van der Waals surface area contributed by atoms with Crippen molar-refractivity contribution in [3.63, 3.8) is 0 Å². The minimum absolute atomic E-state index is 0.682. The van der Waals surface area contributed by atoms with E-state index in [-0.39, 0.29) is 0 Å². The lowest BCUT2D eigenvalue weighted by Gasteiger charge is -2.04. The molecule has 0 bridgehead atoms. The molecule has 0 aliphatic rings. The molecule has 0 aromatic heterocycles. The molecule has 4 heteroatoms. The molecule has 2 nitrogen and oxygen atoms in total. The molecular formula is C10H10N2S2. The standard InChI is InChI=1S/C10H10N2S2/c1-14-10(13)12-7-9-4-2-8(6-11)3-5-9/h2-5H,7H2,1H3,(H,12,13). The average molecular weight is 222 g/mol. The Labute approximate surface area is 93.3 Å². The molecule has 0 amide bonds. The van der Waals surface area contributed by atoms with Gasteiger partial charge >= 0.3 is 0 Å². The monoisotopic (exact) mass is 222 g/mol. The highest BCUT2D eigenvalue weighted by Crippen LogP contribution is 2.04. The van der Waals surface area contributed by atoms with Crippen molar-refractivity contribution in [2.45, 2.75) is 6.54 Å². The fourth-order valence-electron chi connectivity index (χ4n) is 0.944. The molecule has 0 radical (unpaired) electrons. The summed E-state index contributed by atoms with van der Waals surface area (Å²) < 4.78 is 0.786. The van der Waals surface area contributed by atoms with Gasteiger partial charge in [-0.1, -0.05) is 24.4 Å². The van der Waals surface area contributed by atoms with E-state index < -0.39 is 0 Å². The Balaban J connectivity index is 2.53. The van der Waals surface area contributed by atoms with Gasteiger partial charge in [0, 0.05) is 6.54 Å². The molecule has 0 aliphatic carbocycles. The molecular weight excluding hydrogens is 212 g/mol. The number of nitrogens with one attached hydrogen (secondary N) is 1. The van der Waals surface area contributed by atoms with E-state index in [9.17, 15) is 0 Å². The zero-order valence-corrected chi connectivity index (χ0v) is 9.41. The van der Waals surface area contributed by atoms with Gasteiger partial charge < -0.3 is 5.32 Å². The lowest BCUT2D eigenvalue weighted by Crippen LogP contribution is -2.16. The van der Waals surface area contributed by atoms with Crippen LogP contribution in [0.3, 0.4) is 0 Å². The van der Waals surface area contributed by atoms with Crippen molar-refractivity contribution in [1.29, 1.82) is 5.26 Å². The third-order valence-corrected chi connectivity index (χ3v) is 2.86. The molecule has 72 valence electrons. The molecule has 1 rings (SSSR count). The number of nitriles is 1. The van der Waals surface area contributed by atoms with E-state index >= 15 is 0 Å². The second-order valence-corrected chi connectivity index (χ2v) is 4.14. The van der Waals surface area contributed by atoms with Crippen molar-refractivity contribution in [3.05, 3.63) is 35.4 Å². The fraction of sp³-hybridized carbons (Fsp3) is 0.200. The molecule has 0 spiro atoms. The van der Waals surface area contributed by atoms with Gasteiger partial charge in [0.05, 0.1) is 11.6 Å². The lowest BCUT2D eigenvalue weighted by atomic mass is 10.1. The summed E-state index contributed by atoms with van der Waals surface area (Å²) in [5.41, 5.74) is 1.81. The maximum Gasteiger partial charge on any atom is 0.133 e. The number of nitrogens with zero attached hydrogens (tertiary/aromatic N) is 1. The van der Waals surface area contributed by atoms with Crippen molar-refractivity contribution in [3.8, 4) is 6.07 Å². The number of hydrogen-bond donors (Lipinski definition) is 1. The Bertz CT molecular complexity index is 351. The number of benzene rings is 1. The normalized spacial score (nSPS) is 9.14. The van der Waals surface area contributed by atoms with E-state index in [1.165, 1.54) is 11.8 Å². The molecule has 0 aliphatic heterocycles. The average Bonchev–Trinajstić information content (AvgIpc) is 2.26. The molecule has 14 heavy (non-hydrogen) atoms. The van der Waals surface area contributed by atoms with Crippen LogP contribution in [0.25, 0.3) is 0 Å². The quantitative estimate of drug-likeness (QED) is 0.779. The van der Waals surface area contributed by atoms with Crippen LogP contribution in [0.4, 0.5) is 0 Å². The molecule has 1 N–H and O–H groups in total. The van der Waals surface area contributed by atoms with Gasteiger partial charge in [-0.3, -0.25) is 0 Å². The third kappa shape index (κ3) is 3.36. The SMILES string of the molecule is CSC(=S)NCc1ccc(C#N)cc1. The predicted molar refractivity (Wildman–Crippen MR) is 64.1 cm³/mol. The first-order valence-corrected chi connectivity index (χ1v) is 5.70. The van der Waals surface area contributed by atoms with Crippen LogP contribution in [-0.2, 0) is 6.54 Å². The Morgan fingerprint density at radius 1 is 1.50 bits per heavy atom. The highest BCUT2D eigenvalue weighted by molar-refractivity contribution is 8.22. The first kappa shape index (κ1) is 11.0. The summed E-state index contributed by atoms with van der Waals surface area (Å²) in [7, 11) is 0. The van der Waals surface area contributed by atoms with E-state index in [4.69, 9.17) is 17.5 Å². The Kier molecular flexibility index (Phi) is 4.44. The predicted octanol–water partition coefficient (Wildman–Crippen LogP) is 2.30. The van der Waals surface area contributed by atoms with Crippen molar-refractivity contribution in [1.82, 2.24) is 5.32 Å². The van der Waals surface area contributed by atoms with Crippen LogP contribution in [0.2, 0.25) is 0 Å². The Morgan fingerprint density at radius 2 is 2.14 bits per heavy atom. The molecule has 1 aromatic rings. The summed E-state index contributed by atoms with van der Waals surface area (Å²) in [5.74, 6) is 0. The third-order valence-electron chi connectivity index (χ3n) is 1.71. The second-order valence-electron chi connectivity index (χ2n) is 2.65. The van der Waals surface area contributed by atoms with Gasteiger partial charge in [-0.25, -0.2) is 0 Å². The summed E-state index contributed by atoms with van der Waals surface area (Å²) in [5, 5.41) is 11.7. The zero-order valence-electron chi connectivity index (χ0n) is 7.78. The number of thioether (sulfide) groups is 1. The molecule has 0 saturated heterocycles. The Morgan fingerprint density at radius 3 is 2.64 bits per heavy atom.